The third-order valence-corrected chi connectivity index (χ3v) is 9.42. The molecule has 10 aromatic rings. The van der Waals surface area contributed by atoms with Gasteiger partial charge < -0.3 is 0 Å². The summed E-state index contributed by atoms with van der Waals surface area (Å²) in [6.07, 6.45) is 2.11. The lowest BCUT2D eigenvalue weighted by Crippen LogP contribution is -2.06. The predicted molar refractivity (Wildman–Crippen MR) is 208 cm³/mol. The van der Waals surface area contributed by atoms with Crippen LogP contribution in [0.2, 0.25) is 0 Å². The molecule has 0 aliphatic rings. The fourth-order valence-corrected chi connectivity index (χ4v) is 6.95. The molecule has 0 fully saturated rings. The molecule has 0 unspecified atom stereocenters. The summed E-state index contributed by atoms with van der Waals surface area (Å²) < 4.78 is 4.13. The second kappa shape index (κ2) is 12.3. The molecule has 0 aliphatic carbocycles. The van der Waals surface area contributed by atoms with E-state index in [4.69, 9.17) is 25.0 Å². The van der Waals surface area contributed by atoms with Crippen LogP contribution in [0.1, 0.15) is 0 Å². The van der Waals surface area contributed by atoms with Gasteiger partial charge >= 0.3 is 0 Å². The molecule has 52 heavy (non-hydrogen) atoms. The second-order valence-electron chi connectivity index (χ2n) is 12.7. The van der Waals surface area contributed by atoms with Crippen molar-refractivity contribution in [3.63, 3.8) is 0 Å². The number of para-hydroxylation sites is 1. The monoisotopic (exact) mass is 667 g/mol. The molecule has 4 aromatic heterocycles. The molecule has 0 saturated carbocycles. The van der Waals surface area contributed by atoms with Crippen molar-refractivity contribution in [2.45, 2.75) is 0 Å². The van der Waals surface area contributed by atoms with Crippen molar-refractivity contribution in [3.8, 4) is 56.9 Å². The SMILES string of the molecule is c1ccc(-c2cc(-n3cc4c(ccc5c6ccccc6n(-c6nc(-c7ccccc7)nc(-c7ccccc7)n6)c45)n3)cc(-c3ccccc3)n2)cc1. The van der Waals surface area contributed by atoms with Gasteiger partial charge in [0.25, 0.3) is 0 Å². The van der Waals surface area contributed by atoms with Gasteiger partial charge in [-0.15, -0.1) is 0 Å². The lowest BCUT2D eigenvalue weighted by atomic mass is 10.1. The zero-order chi connectivity index (χ0) is 34.4. The minimum Gasteiger partial charge on any atom is -0.277 e. The van der Waals surface area contributed by atoms with Crippen LogP contribution >= 0.6 is 0 Å². The van der Waals surface area contributed by atoms with Crippen LogP contribution in [0.3, 0.4) is 0 Å². The quantitative estimate of drug-likeness (QED) is 0.176. The summed E-state index contributed by atoms with van der Waals surface area (Å²) in [5, 5.41) is 8.34. The zero-order valence-electron chi connectivity index (χ0n) is 27.9. The first-order valence-corrected chi connectivity index (χ1v) is 17.2. The van der Waals surface area contributed by atoms with Gasteiger partial charge in [0.1, 0.15) is 0 Å². The van der Waals surface area contributed by atoms with Gasteiger partial charge in [-0.1, -0.05) is 140 Å². The van der Waals surface area contributed by atoms with Crippen molar-refractivity contribution in [2.24, 2.45) is 0 Å². The van der Waals surface area contributed by atoms with E-state index < -0.39 is 0 Å². The summed E-state index contributed by atoms with van der Waals surface area (Å²) in [6, 6.07) is 57.6. The third-order valence-electron chi connectivity index (χ3n) is 9.42. The highest BCUT2D eigenvalue weighted by Gasteiger charge is 2.21. The van der Waals surface area contributed by atoms with E-state index in [2.05, 4.69) is 83.6 Å². The number of benzene rings is 6. The Hall–Kier alpha value is -7.25. The van der Waals surface area contributed by atoms with E-state index in [9.17, 15) is 0 Å². The van der Waals surface area contributed by atoms with Gasteiger partial charge in [0, 0.05) is 44.6 Å². The van der Waals surface area contributed by atoms with Crippen LogP contribution in [-0.2, 0) is 0 Å². The van der Waals surface area contributed by atoms with Crippen molar-refractivity contribution in [2.75, 3.05) is 0 Å². The molecule has 0 saturated heterocycles. The molecule has 0 aliphatic heterocycles. The molecule has 0 amide bonds. The number of pyridine rings is 1. The lowest BCUT2D eigenvalue weighted by molar-refractivity contribution is 0.894. The molecule has 0 spiro atoms. The first-order valence-electron chi connectivity index (χ1n) is 17.2. The van der Waals surface area contributed by atoms with E-state index in [1.54, 1.807) is 0 Å². The van der Waals surface area contributed by atoms with E-state index in [0.717, 1.165) is 72.0 Å². The molecule has 4 heterocycles. The summed E-state index contributed by atoms with van der Waals surface area (Å²) in [6.45, 7) is 0. The average Bonchev–Trinajstić information content (AvgIpc) is 3.82. The minimum absolute atomic E-state index is 0.542. The van der Waals surface area contributed by atoms with Gasteiger partial charge in [-0.25, -0.2) is 14.6 Å². The molecule has 7 nitrogen and oxygen atoms in total. The molecular formula is C45H29N7. The van der Waals surface area contributed by atoms with Crippen LogP contribution in [0.25, 0.3) is 89.6 Å². The predicted octanol–water partition coefficient (Wildman–Crippen LogP) is 10.4. The van der Waals surface area contributed by atoms with Gasteiger partial charge in [-0.3, -0.25) is 4.57 Å². The number of aromatic nitrogens is 7. The van der Waals surface area contributed by atoms with Gasteiger partial charge in [-0.2, -0.15) is 15.1 Å². The Morgan fingerprint density at radius 1 is 0.404 bits per heavy atom. The molecular weight excluding hydrogens is 639 g/mol. The zero-order valence-corrected chi connectivity index (χ0v) is 27.9. The number of fused-ring (bicyclic) bond motifs is 5. The Bertz CT molecular complexity index is 2770. The van der Waals surface area contributed by atoms with Crippen molar-refractivity contribution in [1.29, 1.82) is 0 Å². The summed E-state index contributed by atoms with van der Waals surface area (Å²) >= 11 is 0. The Morgan fingerprint density at radius 2 is 0.923 bits per heavy atom. The highest BCUT2D eigenvalue weighted by atomic mass is 15.3. The Kier molecular flexibility index (Phi) is 6.99. The molecule has 6 aromatic carbocycles. The standard InChI is InChI=1S/C45H29N7/c1-5-15-30(16-6-1)39-27-34(28-40(46-39)31-17-7-2-8-18-31)51-29-37-38(50-51)26-25-36-35-23-13-14-24-41(35)52(42(36)37)45-48-43(32-19-9-3-10-20-32)47-44(49-45)33-21-11-4-12-22-33/h1-29H. The lowest BCUT2D eigenvalue weighted by Gasteiger charge is -2.11. The highest BCUT2D eigenvalue weighted by molar-refractivity contribution is 6.17. The maximum absolute atomic E-state index is 5.16. The summed E-state index contributed by atoms with van der Waals surface area (Å²) in [5.74, 6) is 1.76. The van der Waals surface area contributed by atoms with E-state index in [1.807, 2.05) is 102 Å². The fourth-order valence-electron chi connectivity index (χ4n) is 6.95. The highest BCUT2D eigenvalue weighted by Crippen LogP contribution is 2.37. The van der Waals surface area contributed by atoms with Gasteiger partial charge in [0.15, 0.2) is 11.6 Å². The normalized spacial score (nSPS) is 11.5. The number of hydrogen-bond acceptors (Lipinski definition) is 5. The van der Waals surface area contributed by atoms with Crippen molar-refractivity contribution >= 4 is 32.7 Å². The van der Waals surface area contributed by atoms with Crippen LogP contribution in [0.4, 0.5) is 0 Å². The molecule has 10 rings (SSSR count). The maximum Gasteiger partial charge on any atom is 0.238 e. The third kappa shape index (κ3) is 5.11. The van der Waals surface area contributed by atoms with Crippen LogP contribution in [0.5, 0.6) is 0 Å². The average molecular weight is 668 g/mol. The van der Waals surface area contributed by atoms with Crippen LogP contribution in [0, 0.1) is 0 Å². The van der Waals surface area contributed by atoms with Crippen molar-refractivity contribution < 1.29 is 0 Å². The van der Waals surface area contributed by atoms with E-state index >= 15 is 0 Å². The molecule has 7 heteroatoms. The largest absolute Gasteiger partial charge is 0.277 e. The molecule has 0 radical (unpaired) electrons. The Labute approximate surface area is 299 Å². The molecule has 0 atom stereocenters. The van der Waals surface area contributed by atoms with E-state index in [0.29, 0.717) is 17.6 Å². The van der Waals surface area contributed by atoms with Crippen LogP contribution in [-0.4, -0.2) is 34.3 Å². The summed E-state index contributed by atoms with van der Waals surface area (Å²) in [4.78, 5) is 20.3. The van der Waals surface area contributed by atoms with E-state index in [-0.39, 0.29) is 0 Å². The fraction of sp³-hybridized carbons (Fsp3) is 0. The first kappa shape index (κ1) is 29.6. The topological polar surface area (TPSA) is 74.3 Å². The van der Waals surface area contributed by atoms with Crippen LogP contribution < -0.4 is 0 Å². The van der Waals surface area contributed by atoms with Crippen molar-refractivity contribution in [1.82, 2.24) is 34.3 Å². The Balaban J connectivity index is 1.23. The van der Waals surface area contributed by atoms with E-state index in [1.165, 1.54) is 0 Å². The first-order chi connectivity index (χ1) is 25.8. The summed E-state index contributed by atoms with van der Waals surface area (Å²) in [7, 11) is 0. The minimum atomic E-state index is 0.542. The summed E-state index contributed by atoms with van der Waals surface area (Å²) in [5.41, 5.74) is 9.43. The van der Waals surface area contributed by atoms with Gasteiger partial charge in [-0.05, 0) is 30.3 Å². The van der Waals surface area contributed by atoms with Crippen LogP contribution in [0.15, 0.2) is 176 Å². The van der Waals surface area contributed by atoms with Gasteiger partial charge in [0.05, 0.1) is 33.6 Å². The maximum atomic E-state index is 5.16. The Morgan fingerprint density at radius 3 is 1.50 bits per heavy atom. The molecule has 244 valence electrons. The van der Waals surface area contributed by atoms with Gasteiger partial charge in [0.2, 0.25) is 5.95 Å². The number of rotatable bonds is 6. The second-order valence-corrected chi connectivity index (χ2v) is 12.7. The number of hydrogen-bond donors (Lipinski definition) is 0. The smallest absolute Gasteiger partial charge is 0.238 e. The molecule has 0 bridgehead atoms. The van der Waals surface area contributed by atoms with Crippen molar-refractivity contribution in [3.05, 3.63) is 176 Å². The number of nitrogens with zero attached hydrogens (tertiary/aromatic N) is 7. The molecule has 0 N–H and O–H groups in total.